The van der Waals surface area contributed by atoms with Crippen LogP contribution >= 0.6 is 0 Å². The van der Waals surface area contributed by atoms with Gasteiger partial charge in [0.05, 0.1) is 6.42 Å². The molecule has 0 saturated carbocycles. The second-order valence-corrected chi connectivity index (χ2v) is 4.19. The molecule has 0 heterocycles. The van der Waals surface area contributed by atoms with Gasteiger partial charge in [-0.1, -0.05) is 25.1 Å². The molecule has 0 aliphatic carbocycles. The van der Waals surface area contributed by atoms with Gasteiger partial charge in [-0.2, -0.15) is 0 Å². The summed E-state index contributed by atoms with van der Waals surface area (Å²) in [5.41, 5.74) is 0.979. The van der Waals surface area contributed by atoms with Crippen LogP contribution in [-0.4, -0.2) is 36.6 Å². The molecule has 0 saturated heterocycles. The van der Waals surface area contributed by atoms with Gasteiger partial charge >= 0.3 is 5.97 Å². The van der Waals surface area contributed by atoms with E-state index in [4.69, 9.17) is 5.11 Å². The summed E-state index contributed by atoms with van der Waals surface area (Å²) in [4.78, 5) is 22.7. The van der Waals surface area contributed by atoms with Crippen LogP contribution in [-0.2, 0) is 11.2 Å². The summed E-state index contributed by atoms with van der Waals surface area (Å²) in [5.74, 6) is -1.15. The third-order valence-electron chi connectivity index (χ3n) is 2.67. The smallest absolute Gasteiger partial charge is 0.307 e. The molecule has 0 aliphatic heterocycles. The van der Waals surface area contributed by atoms with Crippen LogP contribution in [0.5, 0.6) is 0 Å². The van der Waals surface area contributed by atoms with Gasteiger partial charge in [0.15, 0.2) is 0 Å². The first kappa shape index (κ1) is 15.2. The van der Waals surface area contributed by atoms with Gasteiger partial charge in [-0.3, -0.25) is 9.59 Å². The largest absolute Gasteiger partial charge is 0.481 e. The number of nitrogens with one attached hydrogen (secondary N) is 2. The quantitative estimate of drug-likeness (QED) is 0.613. The van der Waals surface area contributed by atoms with Crippen LogP contribution in [0.15, 0.2) is 24.3 Å². The molecular weight excluding hydrogens is 244 g/mol. The van der Waals surface area contributed by atoms with Gasteiger partial charge in [0.1, 0.15) is 0 Å². The molecule has 1 aromatic rings. The Morgan fingerprint density at radius 1 is 1.21 bits per heavy atom. The second kappa shape index (κ2) is 8.26. The number of rotatable bonds is 8. The van der Waals surface area contributed by atoms with E-state index in [1.807, 2.05) is 6.92 Å². The molecule has 0 aromatic heterocycles. The summed E-state index contributed by atoms with van der Waals surface area (Å²) in [7, 11) is 0. The van der Waals surface area contributed by atoms with Crippen molar-refractivity contribution in [2.75, 3.05) is 19.6 Å². The van der Waals surface area contributed by atoms with Gasteiger partial charge in [-0.25, -0.2) is 0 Å². The van der Waals surface area contributed by atoms with E-state index in [0.717, 1.165) is 19.5 Å². The topological polar surface area (TPSA) is 78.4 Å². The van der Waals surface area contributed by atoms with Gasteiger partial charge in [0.25, 0.3) is 5.91 Å². The lowest BCUT2D eigenvalue weighted by molar-refractivity contribution is -0.136. The number of carbonyl (C=O) groups is 2. The fourth-order valence-electron chi connectivity index (χ4n) is 1.75. The van der Waals surface area contributed by atoms with Crippen molar-refractivity contribution in [2.45, 2.75) is 19.8 Å². The first-order chi connectivity index (χ1) is 9.15. The first-order valence-electron chi connectivity index (χ1n) is 6.43. The summed E-state index contributed by atoms with van der Waals surface area (Å²) in [6.45, 7) is 4.37. The fraction of sp³-hybridized carbons (Fsp3) is 0.429. The van der Waals surface area contributed by atoms with Crippen LogP contribution in [0.25, 0.3) is 0 Å². The van der Waals surface area contributed by atoms with E-state index < -0.39 is 5.97 Å². The van der Waals surface area contributed by atoms with Gasteiger partial charge in [0.2, 0.25) is 0 Å². The van der Waals surface area contributed by atoms with E-state index in [2.05, 4.69) is 10.6 Å². The lowest BCUT2D eigenvalue weighted by atomic mass is 10.0. The number of hydrogen-bond acceptors (Lipinski definition) is 3. The highest BCUT2D eigenvalue weighted by molar-refractivity contribution is 5.96. The molecule has 3 N–H and O–H groups in total. The predicted octanol–water partition coefficient (Wildman–Crippen LogP) is 1.04. The van der Waals surface area contributed by atoms with Crippen molar-refractivity contribution in [1.29, 1.82) is 0 Å². The Morgan fingerprint density at radius 2 is 1.95 bits per heavy atom. The zero-order valence-corrected chi connectivity index (χ0v) is 11.1. The van der Waals surface area contributed by atoms with Crippen LogP contribution < -0.4 is 10.6 Å². The first-order valence-corrected chi connectivity index (χ1v) is 6.43. The van der Waals surface area contributed by atoms with Crippen molar-refractivity contribution in [3.63, 3.8) is 0 Å². The predicted molar refractivity (Wildman–Crippen MR) is 73.3 cm³/mol. The maximum atomic E-state index is 12.0. The highest BCUT2D eigenvalue weighted by Gasteiger charge is 2.12. The summed E-state index contributed by atoms with van der Waals surface area (Å²) in [6.07, 6.45) is 0.710. The molecule has 0 spiro atoms. The minimum absolute atomic E-state index is 0.138. The zero-order valence-electron chi connectivity index (χ0n) is 11.1. The van der Waals surface area contributed by atoms with Gasteiger partial charge in [0, 0.05) is 12.1 Å². The van der Waals surface area contributed by atoms with Crippen molar-refractivity contribution in [3.05, 3.63) is 35.4 Å². The molecule has 1 amide bonds. The molecule has 0 unspecified atom stereocenters. The highest BCUT2D eigenvalue weighted by Crippen LogP contribution is 2.09. The van der Waals surface area contributed by atoms with E-state index >= 15 is 0 Å². The maximum Gasteiger partial charge on any atom is 0.307 e. The fourth-order valence-corrected chi connectivity index (χ4v) is 1.75. The monoisotopic (exact) mass is 264 g/mol. The molecule has 1 rings (SSSR count). The van der Waals surface area contributed by atoms with Crippen molar-refractivity contribution in [1.82, 2.24) is 10.6 Å². The molecule has 0 radical (unpaired) electrons. The summed E-state index contributed by atoms with van der Waals surface area (Å²) >= 11 is 0. The Labute approximate surface area is 113 Å². The number of carbonyl (C=O) groups excluding carboxylic acids is 1. The third kappa shape index (κ3) is 5.52. The normalized spacial score (nSPS) is 10.2. The number of carboxylic acids is 1. The van der Waals surface area contributed by atoms with Crippen molar-refractivity contribution in [3.8, 4) is 0 Å². The number of amides is 1. The number of carboxylic acid groups (broad SMARTS) is 1. The van der Waals surface area contributed by atoms with Crippen LogP contribution in [0.4, 0.5) is 0 Å². The Morgan fingerprint density at radius 3 is 2.63 bits per heavy atom. The van der Waals surface area contributed by atoms with Crippen LogP contribution in [0.2, 0.25) is 0 Å². The molecule has 1 aromatic carbocycles. The molecule has 104 valence electrons. The molecule has 5 heteroatoms. The van der Waals surface area contributed by atoms with Crippen molar-refractivity contribution < 1.29 is 14.7 Å². The van der Waals surface area contributed by atoms with E-state index in [9.17, 15) is 9.59 Å². The van der Waals surface area contributed by atoms with Crippen LogP contribution in [0.3, 0.4) is 0 Å². The zero-order chi connectivity index (χ0) is 14.1. The Bertz CT molecular complexity index is 432. The van der Waals surface area contributed by atoms with Gasteiger partial charge in [-0.15, -0.1) is 0 Å². The van der Waals surface area contributed by atoms with E-state index in [1.54, 1.807) is 24.3 Å². The Kier molecular flexibility index (Phi) is 6.60. The third-order valence-corrected chi connectivity index (χ3v) is 2.67. The highest BCUT2D eigenvalue weighted by atomic mass is 16.4. The second-order valence-electron chi connectivity index (χ2n) is 4.19. The van der Waals surface area contributed by atoms with Crippen LogP contribution in [0, 0.1) is 0 Å². The minimum Gasteiger partial charge on any atom is -0.481 e. The molecule has 0 bridgehead atoms. The number of hydrogen-bond donors (Lipinski definition) is 3. The van der Waals surface area contributed by atoms with E-state index in [0.29, 0.717) is 17.7 Å². The Hall–Kier alpha value is -1.88. The molecule has 0 atom stereocenters. The number of benzene rings is 1. The molecule has 0 aliphatic rings. The minimum atomic E-state index is -0.938. The van der Waals surface area contributed by atoms with Gasteiger partial charge < -0.3 is 15.7 Å². The summed E-state index contributed by atoms with van der Waals surface area (Å²) in [5, 5.41) is 14.8. The molecule has 5 nitrogen and oxygen atoms in total. The standard InChI is InChI=1S/C14H20N2O3/c1-2-15-8-5-9-16-14(19)12-7-4-3-6-11(12)10-13(17)18/h3-4,6-7,15H,2,5,8-10H2,1H3,(H,16,19)(H,17,18). The van der Waals surface area contributed by atoms with E-state index in [-0.39, 0.29) is 12.3 Å². The number of aliphatic carboxylic acids is 1. The van der Waals surface area contributed by atoms with Gasteiger partial charge in [-0.05, 0) is 31.1 Å². The molecular formula is C14H20N2O3. The molecule has 0 fully saturated rings. The summed E-state index contributed by atoms with van der Waals surface area (Å²) < 4.78 is 0. The van der Waals surface area contributed by atoms with Crippen LogP contribution in [0.1, 0.15) is 29.3 Å². The summed E-state index contributed by atoms with van der Waals surface area (Å²) in [6, 6.07) is 6.79. The lowest BCUT2D eigenvalue weighted by Crippen LogP contribution is -2.28. The Balaban J connectivity index is 2.54. The average molecular weight is 264 g/mol. The van der Waals surface area contributed by atoms with Crippen molar-refractivity contribution in [2.24, 2.45) is 0 Å². The lowest BCUT2D eigenvalue weighted by Gasteiger charge is -2.09. The molecule has 19 heavy (non-hydrogen) atoms. The maximum absolute atomic E-state index is 12.0. The average Bonchev–Trinajstić information content (AvgIpc) is 2.38. The van der Waals surface area contributed by atoms with Crippen molar-refractivity contribution >= 4 is 11.9 Å². The SMILES string of the molecule is CCNCCCNC(=O)c1ccccc1CC(=O)O. The van der Waals surface area contributed by atoms with E-state index in [1.165, 1.54) is 0 Å².